The summed E-state index contributed by atoms with van der Waals surface area (Å²) in [6.45, 7) is 0.925. The summed E-state index contributed by atoms with van der Waals surface area (Å²) in [4.78, 5) is 29.5. The summed E-state index contributed by atoms with van der Waals surface area (Å²) in [6.07, 6.45) is 2.27. The molecule has 0 saturated heterocycles. The number of nitrogens with zero attached hydrogens (tertiary/aromatic N) is 3. The van der Waals surface area contributed by atoms with Crippen LogP contribution in [0.4, 0.5) is 0 Å². The van der Waals surface area contributed by atoms with Crippen LogP contribution in [-0.2, 0) is 11.3 Å². The van der Waals surface area contributed by atoms with Crippen LogP contribution in [0, 0.1) is 5.41 Å². The SMILES string of the molecule is CNC(=O)c1cc2c(=O)n3ccccc3nc2n(CCCOC)c1=N. The molecule has 3 heterocycles. The number of carbonyl (C=O) groups is 1. The van der Waals surface area contributed by atoms with Gasteiger partial charge in [-0.2, -0.15) is 0 Å². The summed E-state index contributed by atoms with van der Waals surface area (Å²) < 4.78 is 8.09. The maximum Gasteiger partial charge on any atom is 0.267 e. The predicted molar refractivity (Wildman–Crippen MR) is 92.7 cm³/mol. The molecule has 0 aliphatic rings. The normalized spacial score (nSPS) is 11.1. The molecule has 130 valence electrons. The molecule has 0 saturated carbocycles. The van der Waals surface area contributed by atoms with Gasteiger partial charge in [-0.25, -0.2) is 4.98 Å². The van der Waals surface area contributed by atoms with E-state index in [0.29, 0.717) is 36.3 Å². The summed E-state index contributed by atoms with van der Waals surface area (Å²) in [6, 6.07) is 6.71. The average molecular weight is 341 g/mol. The Morgan fingerprint density at radius 3 is 2.92 bits per heavy atom. The fraction of sp³-hybridized carbons (Fsp3) is 0.294. The van der Waals surface area contributed by atoms with Gasteiger partial charge in [0.25, 0.3) is 11.5 Å². The lowest BCUT2D eigenvalue weighted by Gasteiger charge is -2.14. The summed E-state index contributed by atoms with van der Waals surface area (Å²) in [5.41, 5.74) is 0.779. The van der Waals surface area contributed by atoms with Crippen molar-refractivity contribution in [2.45, 2.75) is 13.0 Å². The zero-order chi connectivity index (χ0) is 18.0. The number of hydrogen-bond acceptors (Lipinski definition) is 5. The molecule has 25 heavy (non-hydrogen) atoms. The Hall–Kier alpha value is -3.00. The number of nitrogens with one attached hydrogen (secondary N) is 2. The Labute approximate surface area is 143 Å². The number of rotatable bonds is 5. The molecule has 0 aliphatic carbocycles. The Balaban J connectivity index is 2.38. The standard InChI is InChI=1S/C17H19N5O3/c1-19-16(23)11-10-12-15(22(14(11)18)8-5-9-25-2)20-13-6-3-4-7-21(13)17(12)24/h3-4,6-7,10,18H,5,8-9H2,1-2H3,(H,19,23). The van der Waals surface area contributed by atoms with Crippen molar-refractivity contribution in [2.24, 2.45) is 0 Å². The number of ether oxygens (including phenoxy) is 1. The van der Waals surface area contributed by atoms with Gasteiger partial charge in [0, 0.05) is 33.5 Å². The van der Waals surface area contributed by atoms with Gasteiger partial charge in [-0.1, -0.05) is 6.07 Å². The van der Waals surface area contributed by atoms with Crippen LogP contribution in [0.5, 0.6) is 0 Å². The average Bonchev–Trinajstić information content (AvgIpc) is 2.63. The second kappa shape index (κ2) is 6.86. The van der Waals surface area contributed by atoms with Crippen LogP contribution >= 0.6 is 0 Å². The van der Waals surface area contributed by atoms with Gasteiger partial charge < -0.3 is 14.6 Å². The summed E-state index contributed by atoms with van der Waals surface area (Å²) in [5.74, 6) is -0.412. The highest BCUT2D eigenvalue weighted by molar-refractivity contribution is 5.96. The molecule has 3 rings (SSSR count). The summed E-state index contributed by atoms with van der Waals surface area (Å²) in [5, 5.41) is 11.2. The first kappa shape index (κ1) is 16.8. The monoisotopic (exact) mass is 341 g/mol. The van der Waals surface area contributed by atoms with E-state index in [1.165, 1.54) is 17.5 Å². The topological polar surface area (TPSA) is 101 Å². The fourth-order valence-corrected chi connectivity index (χ4v) is 2.78. The van der Waals surface area contributed by atoms with Crippen molar-refractivity contribution in [3.8, 4) is 0 Å². The minimum Gasteiger partial charge on any atom is -0.385 e. The molecular weight excluding hydrogens is 322 g/mol. The number of hydrogen-bond donors (Lipinski definition) is 2. The maximum absolute atomic E-state index is 12.8. The third-order valence-electron chi connectivity index (χ3n) is 4.02. The van der Waals surface area contributed by atoms with Crippen LogP contribution in [-0.4, -0.2) is 40.6 Å². The largest absolute Gasteiger partial charge is 0.385 e. The Kier molecular flexibility index (Phi) is 4.62. The summed E-state index contributed by atoms with van der Waals surface area (Å²) >= 11 is 0. The summed E-state index contributed by atoms with van der Waals surface area (Å²) in [7, 11) is 3.09. The maximum atomic E-state index is 12.8. The van der Waals surface area contributed by atoms with Gasteiger partial charge >= 0.3 is 0 Å². The van der Waals surface area contributed by atoms with Gasteiger partial charge in [-0.15, -0.1) is 0 Å². The van der Waals surface area contributed by atoms with Gasteiger partial charge in [0.15, 0.2) is 0 Å². The van der Waals surface area contributed by atoms with E-state index in [2.05, 4.69) is 10.3 Å². The van der Waals surface area contributed by atoms with Crippen molar-refractivity contribution in [2.75, 3.05) is 20.8 Å². The highest BCUT2D eigenvalue weighted by Crippen LogP contribution is 2.10. The number of aryl methyl sites for hydroxylation is 1. The van der Waals surface area contributed by atoms with E-state index in [1.807, 2.05) is 0 Å². The molecule has 0 unspecified atom stereocenters. The third kappa shape index (κ3) is 2.91. The van der Waals surface area contributed by atoms with Crippen LogP contribution in [0.15, 0.2) is 35.3 Å². The second-order valence-corrected chi connectivity index (χ2v) is 5.57. The number of aromatic nitrogens is 3. The molecule has 3 aromatic heterocycles. The quantitative estimate of drug-likeness (QED) is 0.522. The first-order chi connectivity index (χ1) is 12.1. The van der Waals surface area contributed by atoms with Gasteiger partial charge in [0.05, 0.1) is 10.9 Å². The van der Waals surface area contributed by atoms with Crippen LogP contribution in [0.1, 0.15) is 16.8 Å². The van der Waals surface area contributed by atoms with Gasteiger partial charge in [0.1, 0.15) is 16.8 Å². The molecule has 0 atom stereocenters. The van der Waals surface area contributed by atoms with Gasteiger partial charge in [-0.05, 0) is 24.6 Å². The fourth-order valence-electron chi connectivity index (χ4n) is 2.78. The molecule has 3 aromatic rings. The lowest BCUT2D eigenvalue weighted by atomic mass is 10.2. The molecule has 1 amide bonds. The minimum atomic E-state index is -0.412. The zero-order valence-corrected chi connectivity index (χ0v) is 14.1. The van der Waals surface area contributed by atoms with Crippen molar-refractivity contribution < 1.29 is 9.53 Å². The molecule has 0 aromatic carbocycles. The lowest BCUT2D eigenvalue weighted by molar-refractivity contribution is 0.0960. The molecule has 0 bridgehead atoms. The number of amides is 1. The molecular formula is C17H19N5O3. The molecule has 0 spiro atoms. The van der Waals surface area contributed by atoms with E-state index < -0.39 is 5.91 Å². The Morgan fingerprint density at radius 2 is 2.20 bits per heavy atom. The third-order valence-corrected chi connectivity index (χ3v) is 4.02. The van der Waals surface area contributed by atoms with Crippen molar-refractivity contribution >= 4 is 22.6 Å². The van der Waals surface area contributed by atoms with Crippen LogP contribution in [0.3, 0.4) is 0 Å². The Bertz CT molecular complexity index is 1070. The molecule has 2 N–H and O–H groups in total. The van der Waals surface area contributed by atoms with Crippen molar-refractivity contribution in [1.29, 1.82) is 5.41 Å². The molecule has 0 radical (unpaired) electrons. The highest BCUT2D eigenvalue weighted by Gasteiger charge is 2.16. The van der Waals surface area contributed by atoms with E-state index >= 15 is 0 Å². The predicted octanol–water partition coefficient (Wildman–Crippen LogP) is 0.525. The van der Waals surface area contributed by atoms with Crippen LogP contribution in [0.25, 0.3) is 16.7 Å². The van der Waals surface area contributed by atoms with E-state index in [-0.39, 0.29) is 16.6 Å². The number of carbonyl (C=O) groups excluding carboxylic acids is 1. The van der Waals surface area contributed by atoms with E-state index in [0.717, 1.165) is 0 Å². The molecule has 0 aliphatic heterocycles. The smallest absolute Gasteiger partial charge is 0.267 e. The lowest BCUT2D eigenvalue weighted by Crippen LogP contribution is -2.34. The van der Waals surface area contributed by atoms with E-state index in [4.69, 9.17) is 10.1 Å². The first-order valence-corrected chi connectivity index (χ1v) is 7.89. The number of pyridine rings is 2. The van der Waals surface area contributed by atoms with Crippen molar-refractivity contribution in [3.63, 3.8) is 0 Å². The van der Waals surface area contributed by atoms with E-state index in [9.17, 15) is 9.59 Å². The van der Waals surface area contributed by atoms with Crippen LogP contribution in [0.2, 0.25) is 0 Å². The minimum absolute atomic E-state index is 0.0233. The van der Waals surface area contributed by atoms with Crippen molar-refractivity contribution in [3.05, 3.63) is 51.9 Å². The van der Waals surface area contributed by atoms with Crippen LogP contribution < -0.4 is 16.4 Å². The molecule has 0 fully saturated rings. The van der Waals surface area contributed by atoms with Crippen molar-refractivity contribution in [1.82, 2.24) is 19.3 Å². The number of fused-ring (bicyclic) bond motifs is 2. The Morgan fingerprint density at radius 1 is 1.40 bits per heavy atom. The van der Waals surface area contributed by atoms with Gasteiger partial charge in [-0.3, -0.25) is 19.4 Å². The highest BCUT2D eigenvalue weighted by atomic mass is 16.5. The molecule has 8 heteroatoms. The molecule has 8 nitrogen and oxygen atoms in total. The van der Waals surface area contributed by atoms with E-state index in [1.54, 1.807) is 36.1 Å². The number of methoxy groups -OCH3 is 1. The van der Waals surface area contributed by atoms with Gasteiger partial charge in [0.2, 0.25) is 0 Å². The zero-order valence-electron chi connectivity index (χ0n) is 14.1. The second-order valence-electron chi connectivity index (χ2n) is 5.57. The first-order valence-electron chi connectivity index (χ1n) is 7.89.